The molecular formula is C15H14IN3O3. The number of carbonyl (C=O) groups excluding carboxylic acids is 1. The molecule has 114 valence electrons. The number of carbonyl (C=O) groups is 1. The van der Waals surface area contributed by atoms with Crippen molar-refractivity contribution < 1.29 is 14.6 Å². The number of aromatic hydroxyl groups is 1. The van der Waals surface area contributed by atoms with Crippen LogP contribution in [0.5, 0.6) is 11.5 Å². The molecular weight excluding hydrogens is 397 g/mol. The Morgan fingerprint density at radius 1 is 1.50 bits per heavy atom. The summed E-state index contributed by atoms with van der Waals surface area (Å²) in [6.45, 7) is 2.28. The van der Waals surface area contributed by atoms with E-state index in [2.05, 4.69) is 15.5 Å². The van der Waals surface area contributed by atoms with Crippen LogP contribution in [0.25, 0.3) is 0 Å². The van der Waals surface area contributed by atoms with Gasteiger partial charge in [-0.1, -0.05) is 6.07 Å². The molecule has 1 heterocycles. The topological polar surface area (TPSA) is 83.8 Å². The molecule has 0 bridgehead atoms. The minimum absolute atomic E-state index is 0.0946. The first-order chi connectivity index (χ1) is 10.6. The van der Waals surface area contributed by atoms with Crippen LogP contribution >= 0.6 is 22.6 Å². The number of ether oxygens (including phenoxy) is 1. The Morgan fingerprint density at radius 2 is 2.32 bits per heavy atom. The fourth-order valence-corrected chi connectivity index (χ4v) is 2.28. The van der Waals surface area contributed by atoms with Gasteiger partial charge in [0.2, 0.25) is 0 Å². The van der Waals surface area contributed by atoms with Crippen molar-refractivity contribution in [2.24, 2.45) is 5.10 Å². The average molecular weight is 411 g/mol. The lowest BCUT2D eigenvalue weighted by molar-refractivity contribution is 0.0950. The number of nitrogens with one attached hydrogen (secondary N) is 1. The van der Waals surface area contributed by atoms with Gasteiger partial charge < -0.3 is 9.84 Å². The van der Waals surface area contributed by atoms with Gasteiger partial charge in [-0.3, -0.25) is 9.78 Å². The summed E-state index contributed by atoms with van der Waals surface area (Å²) in [4.78, 5) is 15.7. The molecule has 0 unspecified atom stereocenters. The Balaban J connectivity index is 2.09. The maximum Gasteiger partial charge on any atom is 0.289 e. The fourth-order valence-electron chi connectivity index (χ4n) is 1.65. The Labute approximate surface area is 141 Å². The van der Waals surface area contributed by atoms with Gasteiger partial charge in [-0.2, -0.15) is 5.10 Å². The maximum absolute atomic E-state index is 11.8. The smallest absolute Gasteiger partial charge is 0.289 e. The molecule has 6 nitrogen and oxygen atoms in total. The standard InChI is InChI=1S/C15H14IN3O3/c1-2-22-13-8-10(7-11(16)14(13)20)9-18-19-15(21)12-5-3-4-6-17-12/h3-9,20H,2H2,1H3,(H,19,21)/b18-9-. The summed E-state index contributed by atoms with van der Waals surface area (Å²) in [6.07, 6.45) is 3.01. The molecule has 2 aromatic rings. The van der Waals surface area contributed by atoms with Gasteiger partial charge in [0.25, 0.3) is 5.91 Å². The molecule has 0 atom stereocenters. The van der Waals surface area contributed by atoms with Gasteiger partial charge >= 0.3 is 0 Å². The molecule has 0 aliphatic heterocycles. The van der Waals surface area contributed by atoms with E-state index >= 15 is 0 Å². The Morgan fingerprint density at radius 3 is 3.00 bits per heavy atom. The molecule has 0 aliphatic carbocycles. The average Bonchev–Trinajstić information content (AvgIpc) is 2.53. The van der Waals surface area contributed by atoms with Gasteiger partial charge in [-0.25, -0.2) is 5.43 Å². The Kier molecular flexibility index (Phi) is 5.70. The van der Waals surface area contributed by atoms with Crippen molar-refractivity contribution in [2.75, 3.05) is 6.61 Å². The van der Waals surface area contributed by atoms with E-state index in [9.17, 15) is 9.90 Å². The second-order valence-corrected chi connectivity index (χ2v) is 5.36. The zero-order valence-electron chi connectivity index (χ0n) is 11.8. The summed E-state index contributed by atoms with van der Waals surface area (Å²) in [5.74, 6) is 0.0828. The first kappa shape index (κ1) is 16.2. The highest BCUT2D eigenvalue weighted by atomic mass is 127. The highest BCUT2D eigenvalue weighted by Crippen LogP contribution is 2.32. The van der Waals surface area contributed by atoms with Crippen molar-refractivity contribution in [1.82, 2.24) is 10.4 Å². The molecule has 22 heavy (non-hydrogen) atoms. The minimum atomic E-state index is -0.393. The summed E-state index contributed by atoms with van der Waals surface area (Å²) < 4.78 is 5.98. The summed E-state index contributed by atoms with van der Waals surface area (Å²) in [7, 11) is 0. The number of hydrogen-bond acceptors (Lipinski definition) is 5. The highest BCUT2D eigenvalue weighted by molar-refractivity contribution is 14.1. The van der Waals surface area contributed by atoms with Crippen molar-refractivity contribution >= 4 is 34.7 Å². The number of rotatable bonds is 5. The maximum atomic E-state index is 11.8. The fraction of sp³-hybridized carbons (Fsp3) is 0.133. The van der Waals surface area contributed by atoms with E-state index in [0.717, 1.165) is 0 Å². The van der Waals surface area contributed by atoms with E-state index in [0.29, 0.717) is 21.5 Å². The molecule has 0 fully saturated rings. The summed E-state index contributed by atoms with van der Waals surface area (Å²) in [5, 5.41) is 13.7. The number of aromatic nitrogens is 1. The van der Waals surface area contributed by atoms with Crippen molar-refractivity contribution in [2.45, 2.75) is 6.92 Å². The first-order valence-corrected chi connectivity index (χ1v) is 7.59. The van der Waals surface area contributed by atoms with Crippen molar-refractivity contribution in [3.05, 3.63) is 51.4 Å². The number of benzene rings is 1. The van der Waals surface area contributed by atoms with Crippen LogP contribution in [0.2, 0.25) is 0 Å². The summed E-state index contributed by atoms with van der Waals surface area (Å²) in [6, 6.07) is 8.43. The number of pyridine rings is 1. The van der Waals surface area contributed by atoms with Crippen LogP contribution in [0, 0.1) is 3.57 Å². The molecule has 0 spiro atoms. The molecule has 1 aromatic carbocycles. The Bertz CT molecular complexity index is 690. The van der Waals surface area contributed by atoms with Crippen LogP contribution in [-0.2, 0) is 0 Å². The SMILES string of the molecule is CCOc1cc(/C=N\NC(=O)c2ccccn2)cc(I)c1O. The summed E-state index contributed by atoms with van der Waals surface area (Å²) in [5.41, 5.74) is 3.38. The number of halogens is 1. The van der Waals surface area contributed by atoms with Gasteiger partial charge in [-0.05, 0) is 59.3 Å². The lowest BCUT2D eigenvalue weighted by Crippen LogP contribution is -2.18. The monoisotopic (exact) mass is 411 g/mol. The predicted molar refractivity (Wildman–Crippen MR) is 91.3 cm³/mol. The largest absolute Gasteiger partial charge is 0.504 e. The van der Waals surface area contributed by atoms with E-state index in [-0.39, 0.29) is 11.4 Å². The number of amides is 1. The van der Waals surface area contributed by atoms with E-state index < -0.39 is 5.91 Å². The van der Waals surface area contributed by atoms with E-state index in [1.807, 2.05) is 29.5 Å². The number of hydrazone groups is 1. The molecule has 1 amide bonds. The third-order valence-electron chi connectivity index (χ3n) is 2.63. The lowest BCUT2D eigenvalue weighted by Gasteiger charge is -2.08. The minimum Gasteiger partial charge on any atom is -0.504 e. The number of hydrogen-bond donors (Lipinski definition) is 2. The van der Waals surface area contributed by atoms with Gasteiger partial charge in [0.1, 0.15) is 5.69 Å². The van der Waals surface area contributed by atoms with E-state index in [1.54, 1.807) is 30.3 Å². The molecule has 7 heteroatoms. The van der Waals surface area contributed by atoms with Crippen molar-refractivity contribution in [1.29, 1.82) is 0 Å². The van der Waals surface area contributed by atoms with Crippen molar-refractivity contribution in [3.63, 3.8) is 0 Å². The Hall–Kier alpha value is -2.16. The zero-order valence-corrected chi connectivity index (χ0v) is 13.9. The highest BCUT2D eigenvalue weighted by Gasteiger charge is 2.08. The predicted octanol–water partition coefficient (Wildman–Crippen LogP) is 2.55. The van der Waals surface area contributed by atoms with Gasteiger partial charge in [0.05, 0.1) is 16.4 Å². The van der Waals surface area contributed by atoms with Crippen LogP contribution in [0.3, 0.4) is 0 Å². The number of phenols is 1. The number of phenolic OH excluding ortho intramolecular Hbond substituents is 1. The molecule has 2 rings (SSSR count). The first-order valence-electron chi connectivity index (χ1n) is 6.51. The van der Waals surface area contributed by atoms with Gasteiger partial charge in [-0.15, -0.1) is 0 Å². The second kappa shape index (κ2) is 7.74. The van der Waals surface area contributed by atoms with Crippen LogP contribution < -0.4 is 10.2 Å². The van der Waals surface area contributed by atoms with Crippen molar-refractivity contribution in [3.8, 4) is 11.5 Å². The molecule has 0 saturated carbocycles. The molecule has 0 radical (unpaired) electrons. The molecule has 1 aromatic heterocycles. The third kappa shape index (κ3) is 4.17. The van der Waals surface area contributed by atoms with Gasteiger partial charge in [0, 0.05) is 6.20 Å². The zero-order chi connectivity index (χ0) is 15.9. The normalized spacial score (nSPS) is 10.6. The summed E-state index contributed by atoms with van der Waals surface area (Å²) >= 11 is 2.00. The second-order valence-electron chi connectivity index (χ2n) is 4.20. The molecule has 2 N–H and O–H groups in total. The van der Waals surface area contributed by atoms with Gasteiger partial charge in [0.15, 0.2) is 11.5 Å². The molecule has 0 saturated heterocycles. The van der Waals surface area contributed by atoms with E-state index in [1.165, 1.54) is 12.4 Å². The van der Waals surface area contributed by atoms with E-state index in [4.69, 9.17) is 4.74 Å². The molecule has 0 aliphatic rings. The lowest BCUT2D eigenvalue weighted by atomic mass is 10.2. The van der Waals surface area contributed by atoms with Crippen LogP contribution in [0.4, 0.5) is 0 Å². The van der Waals surface area contributed by atoms with Crippen LogP contribution in [-0.4, -0.2) is 28.8 Å². The van der Waals surface area contributed by atoms with Crippen LogP contribution in [0.1, 0.15) is 23.0 Å². The van der Waals surface area contributed by atoms with Crippen LogP contribution in [0.15, 0.2) is 41.6 Å². The quantitative estimate of drug-likeness (QED) is 0.450. The number of nitrogens with zero attached hydrogens (tertiary/aromatic N) is 2. The third-order valence-corrected chi connectivity index (χ3v) is 3.45.